The topological polar surface area (TPSA) is 47.4 Å². The van der Waals surface area contributed by atoms with E-state index in [4.69, 9.17) is 4.74 Å². The first-order valence-corrected chi connectivity index (χ1v) is 7.52. The number of halogens is 1. The van der Waals surface area contributed by atoms with Crippen LogP contribution in [0.2, 0.25) is 0 Å². The molecule has 6 heteroatoms. The van der Waals surface area contributed by atoms with Crippen molar-refractivity contribution in [3.8, 4) is 0 Å². The molecule has 1 aromatic carbocycles. The van der Waals surface area contributed by atoms with Crippen molar-refractivity contribution >= 4 is 17.1 Å². The van der Waals surface area contributed by atoms with Gasteiger partial charge in [0.2, 0.25) is 0 Å². The van der Waals surface area contributed by atoms with Gasteiger partial charge in [-0.25, -0.2) is 14.2 Å². The molecule has 1 saturated heterocycles. The number of likely N-dealkylation sites (tertiary alicyclic amines) is 1. The highest BCUT2D eigenvalue weighted by atomic mass is 19.1. The van der Waals surface area contributed by atoms with Crippen molar-refractivity contribution in [3.05, 3.63) is 29.8 Å². The maximum Gasteiger partial charge on any atom is 0.409 e. The summed E-state index contributed by atoms with van der Waals surface area (Å²) in [6, 6.07) is 5.20. The number of benzene rings is 1. The molecule has 3 rings (SSSR count). The quantitative estimate of drug-likeness (QED) is 0.855. The molecular weight excluding hydrogens is 285 g/mol. The average Bonchev–Trinajstić information content (AvgIpc) is 3.11. The number of hydrogen-bond acceptors (Lipinski definition) is 3. The molecule has 2 aromatic rings. The average molecular weight is 305 g/mol. The maximum absolute atomic E-state index is 14.0. The van der Waals surface area contributed by atoms with E-state index in [1.807, 2.05) is 6.07 Å². The number of amides is 1. The standard InChI is InChI=1S/C16H20FN3O2/c1-10(2)20-13-6-4-5-12(17)14(13)18-15(20)11-7-8-19(9-11)16(21)22-3/h4-6,10-11H,7-9H2,1-3H3/t11-/m0/s1. The Morgan fingerprint density at radius 2 is 2.23 bits per heavy atom. The van der Waals surface area contributed by atoms with E-state index < -0.39 is 0 Å². The van der Waals surface area contributed by atoms with E-state index in [0.717, 1.165) is 17.8 Å². The molecule has 1 aromatic heterocycles. The third-order valence-electron chi connectivity index (χ3n) is 4.20. The second-order valence-corrected chi connectivity index (χ2v) is 5.94. The fourth-order valence-corrected chi connectivity index (χ4v) is 3.20. The predicted molar refractivity (Wildman–Crippen MR) is 81.4 cm³/mol. The highest BCUT2D eigenvalue weighted by Gasteiger charge is 2.32. The number of para-hydroxylation sites is 1. The van der Waals surface area contributed by atoms with Gasteiger partial charge in [0.05, 0.1) is 12.6 Å². The van der Waals surface area contributed by atoms with Crippen molar-refractivity contribution in [3.63, 3.8) is 0 Å². The summed E-state index contributed by atoms with van der Waals surface area (Å²) in [4.78, 5) is 17.9. The number of nitrogens with zero attached hydrogens (tertiary/aromatic N) is 3. The monoisotopic (exact) mass is 305 g/mol. The molecule has 0 bridgehead atoms. The van der Waals surface area contributed by atoms with Gasteiger partial charge in [-0.3, -0.25) is 0 Å². The number of carbonyl (C=O) groups excluding carboxylic acids is 1. The summed E-state index contributed by atoms with van der Waals surface area (Å²) >= 11 is 0. The highest BCUT2D eigenvalue weighted by molar-refractivity contribution is 5.77. The molecule has 0 spiro atoms. The van der Waals surface area contributed by atoms with Gasteiger partial charge < -0.3 is 14.2 Å². The Bertz CT molecular complexity index is 711. The normalized spacial score (nSPS) is 18.4. The molecule has 1 atom stereocenters. The number of rotatable bonds is 2. The van der Waals surface area contributed by atoms with Crippen molar-refractivity contribution in [1.82, 2.24) is 14.5 Å². The first-order chi connectivity index (χ1) is 10.5. The van der Waals surface area contributed by atoms with Crippen molar-refractivity contribution in [2.24, 2.45) is 0 Å². The van der Waals surface area contributed by atoms with E-state index in [1.165, 1.54) is 13.2 Å². The van der Waals surface area contributed by atoms with Crippen LogP contribution in [0.15, 0.2) is 18.2 Å². The van der Waals surface area contributed by atoms with Crippen molar-refractivity contribution in [2.45, 2.75) is 32.2 Å². The Kier molecular flexibility index (Phi) is 3.76. The molecule has 22 heavy (non-hydrogen) atoms. The minimum Gasteiger partial charge on any atom is -0.453 e. The lowest BCUT2D eigenvalue weighted by Gasteiger charge is -2.18. The van der Waals surface area contributed by atoms with E-state index in [2.05, 4.69) is 23.4 Å². The summed E-state index contributed by atoms with van der Waals surface area (Å²) < 4.78 is 20.9. The van der Waals surface area contributed by atoms with Crippen LogP contribution in [0.25, 0.3) is 11.0 Å². The molecule has 0 radical (unpaired) electrons. The molecule has 0 N–H and O–H groups in total. The van der Waals surface area contributed by atoms with E-state index >= 15 is 0 Å². The number of aromatic nitrogens is 2. The smallest absolute Gasteiger partial charge is 0.409 e. The molecule has 2 heterocycles. The molecular formula is C16H20FN3O2. The maximum atomic E-state index is 14.0. The van der Waals surface area contributed by atoms with Crippen LogP contribution in [0.3, 0.4) is 0 Å². The second kappa shape index (κ2) is 5.59. The molecule has 1 aliphatic heterocycles. The first kappa shape index (κ1) is 14.8. The summed E-state index contributed by atoms with van der Waals surface area (Å²) in [5.74, 6) is 0.649. The second-order valence-electron chi connectivity index (χ2n) is 5.94. The number of ether oxygens (including phenoxy) is 1. The SMILES string of the molecule is COC(=O)N1CC[C@H](c2nc3c(F)cccc3n2C(C)C)C1. The number of methoxy groups -OCH3 is 1. The summed E-state index contributed by atoms with van der Waals surface area (Å²) in [6.07, 6.45) is 0.494. The van der Waals surface area contributed by atoms with E-state index in [9.17, 15) is 9.18 Å². The molecule has 0 aliphatic carbocycles. The molecule has 1 fully saturated rings. The van der Waals surface area contributed by atoms with Crippen LogP contribution in [-0.2, 0) is 4.74 Å². The number of carbonyl (C=O) groups is 1. The number of fused-ring (bicyclic) bond motifs is 1. The fraction of sp³-hybridized carbons (Fsp3) is 0.500. The third kappa shape index (κ3) is 2.32. The zero-order chi connectivity index (χ0) is 15.9. The summed E-state index contributed by atoms with van der Waals surface area (Å²) in [5.41, 5.74) is 1.21. The van der Waals surface area contributed by atoms with Crippen LogP contribution in [0.5, 0.6) is 0 Å². The lowest BCUT2D eigenvalue weighted by atomic mass is 10.1. The zero-order valence-corrected chi connectivity index (χ0v) is 13.0. The highest BCUT2D eigenvalue weighted by Crippen LogP contribution is 2.32. The van der Waals surface area contributed by atoms with Gasteiger partial charge in [-0.05, 0) is 32.4 Å². The van der Waals surface area contributed by atoms with E-state index in [-0.39, 0.29) is 23.9 Å². The largest absolute Gasteiger partial charge is 0.453 e. The predicted octanol–water partition coefficient (Wildman–Crippen LogP) is 3.31. The van der Waals surface area contributed by atoms with Crippen LogP contribution < -0.4 is 0 Å². The fourth-order valence-electron chi connectivity index (χ4n) is 3.20. The summed E-state index contributed by atoms with van der Waals surface area (Å²) in [6.45, 7) is 5.32. The lowest BCUT2D eigenvalue weighted by molar-refractivity contribution is 0.132. The van der Waals surface area contributed by atoms with Gasteiger partial charge in [0.1, 0.15) is 11.3 Å². The van der Waals surface area contributed by atoms with Crippen molar-refractivity contribution < 1.29 is 13.9 Å². The third-order valence-corrected chi connectivity index (χ3v) is 4.20. The number of imidazole rings is 1. The Hall–Kier alpha value is -2.11. The van der Waals surface area contributed by atoms with E-state index in [1.54, 1.807) is 11.0 Å². The Balaban J connectivity index is 2.02. The van der Waals surface area contributed by atoms with Crippen molar-refractivity contribution in [2.75, 3.05) is 20.2 Å². The molecule has 0 saturated carbocycles. The number of hydrogen-bond donors (Lipinski definition) is 0. The van der Waals surface area contributed by atoms with Crippen LogP contribution >= 0.6 is 0 Å². The Morgan fingerprint density at radius 3 is 2.91 bits per heavy atom. The van der Waals surface area contributed by atoms with Gasteiger partial charge in [-0.2, -0.15) is 0 Å². The van der Waals surface area contributed by atoms with Gasteiger partial charge in [-0.15, -0.1) is 0 Å². The van der Waals surface area contributed by atoms with Gasteiger partial charge >= 0.3 is 6.09 Å². The van der Waals surface area contributed by atoms with Gasteiger partial charge in [0.25, 0.3) is 0 Å². The first-order valence-electron chi connectivity index (χ1n) is 7.52. The Labute approximate surface area is 128 Å². The minimum atomic E-state index is -0.319. The zero-order valence-electron chi connectivity index (χ0n) is 13.0. The lowest BCUT2D eigenvalue weighted by Crippen LogP contribution is -2.28. The van der Waals surface area contributed by atoms with Gasteiger partial charge in [0, 0.05) is 25.0 Å². The summed E-state index contributed by atoms with van der Waals surface area (Å²) in [5, 5.41) is 0. The van der Waals surface area contributed by atoms with Crippen LogP contribution in [-0.4, -0.2) is 40.7 Å². The van der Waals surface area contributed by atoms with Crippen LogP contribution in [0, 0.1) is 5.82 Å². The van der Waals surface area contributed by atoms with Gasteiger partial charge in [0.15, 0.2) is 5.82 Å². The Morgan fingerprint density at radius 1 is 1.45 bits per heavy atom. The van der Waals surface area contributed by atoms with Crippen molar-refractivity contribution in [1.29, 1.82) is 0 Å². The molecule has 5 nitrogen and oxygen atoms in total. The minimum absolute atomic E-state index is 0.105. The molecule has 1 aliphatic rings. The van der Waals surface area contributed by atoms with Gasteiger partial charge in [-0.1, -0.05) is 6.07 Å². The molecule has 0 unspecified atom stereocenters. The molecule has 1 amide bonds. The van der Waals surface area contributed by atoms with Crippen LogP contribution in [0.4, 0.5) is 9.18 Å². The van der Waals surface area contributed by atoms with Crippen LogP contribution in [0.1, 0.15) is 38.1 Å². The summed E-state index contributed by atoms with van der Waals surface area (Å²) in [7, 11) is 1.38. The van der Waals surface area contributed by atoms with E-state index in [0.29, 0.717) is 18.6 Å². The molecule has 118 valence electrons.